The maximum Gasteiger partial charge on any atom is 0.321 e. The highest BCUT2D eigenvalue weighted by molar-refractivity contribution is 5.89. The largest absolute Gasteiger partial charge is 0.394 e. The number of benzene rings is 1. The topological polar surface area (TPSA) is 82.0 Å². The van der Waals surface area contributed by atoms with Gasteiger partial charge in [0.25, 0.3) is 0 Å². The van der Waals surface area contributed by atoms with Crippen LogP contribution in [-0.4, -0.2) is 59.7 Å². The molecular weight excluding hydrogens is 284 g/mol. The number of ether oxygens (including phenoxy) is 1. The Hall–Kier alpha value is -1.63. The van der Waals surface area contributed by atoms with Crippen molar-refractivity contribution in [3.05, 3.63) is 29.8 Å². The highest BCUT2D eigenvalue weighted by Gasteiger charge is 2.23. The zero-order valence-electron chi connectivity index (χ0n) is 12.9. The molecule has 1 heterocycles. The van der Waals surface area contributed by atoms with Crippen molar-refractivity contribution < 1.29 is 19.7 Å². The van der Waals surface area contributed by atoms with Crippen LogP contribution < -0.4 is 5.32 Å². The van der Waals surface area contributed by atoms with Gasteiger partial charge in [0.2, 0.25) is 0 Å². The minimum atomic E-state index is -0.831. The maximum atomic E-state index is 12.2. The van der Waals surface area contributed by atoms with E-state index >= 15 is 0 Å². The summed E-state index contributed by atoms with van der Waals surface area (Å²) in [7, 11) is 0. The second-order valence-corrected chi connectivity index (χ2v) is 5.65. The van der Waals surface area contributed by atoms with Crippen LogP contribution in [0.5, 0.6) is 0 Å². The van der Waals surface area contributed by atoms with Gasteiger partial charge in [-0.3, -0.25) is 0 Å². The van der Waals surface area contributed by atoms with Crippen LogP contribution in [0.1, 0.15) is 18.4 Å². The summed E-state index contributed by atoms with van der Waals surface area (Å²) in [6.07, 6.45) is 0.673. The highest BCUT2D eigenvalue weighted by Crippen LogP contribution is 2.16. The lowest BCUT2D eigenvalue weighted by atomic mass is 10.1. The minimum absolute atomic E-state index is 0.0321. The molecule has 2 rings (SSSR count). The van der Waals surface area contributed by atoms with E-state index in [-0.39, 0.29) is 25.3 Å². The lowest BCUT2D eigenvalue weighted by Gasteiger charge is -2.32. The van der Waals surface area contributed by atoms with Crippen molar-refractivity contribution in [1.82, 2.24) is 4.90 Å². The van der Waals surface area contributed by atoms with Gasteiger partial charge in [-0.05, 0) is 31.9 Å². The number of hydrogen-bond donors (Lipinski definition) is 3. The van der Waals surface area contributed by atoms with Gasteiger partial charge in [0.15, 0.2) is 0 Å². The standard InChI is InChI=1S/C16H24N2O4/c1-12-2-4-13(5-3-12)17-16(21)18-8-6-15(7-9-18)22-11-14(20)10-19/h2-5,14-15,19-20H,6-11H2,1H3,(H,17,21)/t14-/m1/s1. The predicted molar refractivity (Wildman–Crippen MR) is 83.8 cm³/mol. The summed E-state index contributed by atoms with van der Waals surface area (Å²) in [6.45, 7) is 3.09. The fourth-order valence-electron chi connectivity index (χ4n) is 2.36. The van der Waals surface area contributed by atoms with Crippen LogP contribution in [0.3, 0.4) is 0 Å². The number of carbonyl (C=O) groups is 1. The summed E-state index contributed by atoms with van der Waals surface area (Å²) in [5.41, 5.74) is 1.95. The molecule has 1 saturated heterocycles. The third-order valence-corrected chi connectivity index (χ3v) is 3.77. The second-order valence-electron chi connectivity index (χ2n) is 5.65. The average molecular weight is 308 g/mol. The van der Waals surface area contributed by atoms with Crippen molar-refractivity contribution in [2.24, 2.45) is 0 Å². The SMILES string of the molecule is Cc1ccc(NC(=O)N2CCC(OC[C@H](O)CO)CC2)cc1. The Morgan fingerprint density at radius 2 is 2.00 bits per heavy atom. The number of nitrogens with one attached hydrogen (secondary N) is 1. The molecule has 6 nitrogen and oxygen atoms in total. The Labute approximate surface area is 130 Å². The first kappa shape index (κ1) is 16.7. The minimum Gasteiger partial charge on any atom is -0.394 e. The van der Waals surface area contributed by atoms with E-state index in [1.165, 1.54) is 0 Å². The number of carbonyl (C=O) groups excluding carboxylic acids is 1. The average Bonchev–Trinajstić information content (AvgIpc) is 2.55. The van der Waals surface area contributed by atoms with Gasteiger partial charge >= 0.3 is 6.03 Å². The quantitative estimate of drug-likeness (QED) is 0.767. The molecule has 3 N–H and O–H groups in total. The molecule has 1 aromatic rings. The van der Waals surface area contributed by atoms with Crippen LogP contribution in [0, 0.1) is 6.92 Å². The first-order valence-electron chi connectivity index (χ1n) is 7.61. The number of rotatable bonds is 5. The molecule has 122 valence electrons. The number of piperidine rings is 1. The molecule has 0 saturated carbocycles. The second kappa shape index (κ2) is 8.12. The first-order chi connectivity index (χ1) is 10.6. The monoisotopic (exact) mass is 308 g/mol. The van der Waals surface area contributed by atoms with E-state index in [9.17, 15) is 9.90 Å². The molecule has 0 unspecified atom stereocenters. The smallest absolute Gasteiger partial charge is 0.321 e. The highest BCUT2D eigenvalue weighted by atomic mass is 16.5. The molecule has 1 fully saturated rings. The fraction of sp³-hybridized carbons (Fsp3) is 0.562. The molecule has 2 amide bonds. The van der Waals surface area contributed by atoms with Gasteiger partial charge in [-0.1, -0.05) is 17.7 Å². The van der Waals surface area contributed by atoms with E-state index in [0.717, 1.165) is 24.1 Å². The van der Waals surface area contributed by atoms with Crippen LogP contribution >= 0.6 is 0 Å². The summed E-state index contributed by atoms with van der Waals surface area (Å²) in [5.74, 6) is 0. The van der Waals surface area contributed by atoms with Gasteiger partial charge in [0.1, 0.15) is 6.10 Å². The molecule has 1 atom stereocenters. The normalized spacial score (nSPS) is 17.3. The van der Waals surface area contributed by atoms with Crippen LogP contribution in [-0.2, 0) is 4.74 Å². The predicted octanol–water partition coefficient (Wildman–Crippen LogP) is 1.36. The Kier molecular flexibility index (Phi) is 6.18. The van der Waals surface area contributed by atoms with Gasteiger partial charge in [-0.25, -0.2) is 4.79 Å². The lowest BCUT2D eigenvalue weighted by Crippen LogP contribution is -2.43. The Balaban J connectivity index is 1.74. The number of urea groups is 1. The molecule has 0 aromatic heterocycles. The van der Waals surface area contributed by atoms with E-state index in [1.54, 1.807) is 4.90 Å². The third-order valence-electron chi connectivity index (χ3n) is 3.77. The number of likely N-dealkylation sites (tertiary alicyclic amines) is 1. The third kappa shape index (κ3) is 4.98. The summed E-state index contributed by atoms with van der Waals surface area (Å²) < 4.78 is 5.53. The van der Waals surface area contributed by atoms with E-state index in [0.29, 0.717) is 13.1 Å². The number of amides is 2. The Morgan fingerprint density at radius 1 is 1.36 bits per heavy atom. The summed E-state index contributed by atoms with van der Waals surface area (Å²) in [6, 6.07) is 7.60. The van der Waals surface area contributed by atoms with Crippen LogP contribution in [0.15, 0.2) is 24.3 Å². The summed E-state index contributed by atoms with van der Waals surface area (Å²) in [5, 5.41) is 20.9. The maximum absolute atomic E-state index is 12.2. The molecule has 0 aliphatic carbocycles. The number of anilines is 1. The zero-order valence-corrected chi connectivity index (χ0v) is 12.9. The van der Waals surface area contributed by atoms with Crippen LogP contribution in [0.25, 0.3) is 0 Å². The van der Waals surface area contributed by atoms with Crippen molar-refractivity contribution in [3.8, 4) is 0 Å². The van der Waals surface area contributed by atoms with E-state index in [4.69, 9.17) is 9.84 Å². The van der Waals surface area contributed by atoms with Crippen LogP contribution in [0.2, 0.25) is 0 Å². The Morgan fingerprint density at radius 3 is 2.59 bits per heavy atom. The first-order valence-corrected chi connectivity index (χ1v) is 7.61. The molecule has 0 bridgehead atoms. The number of aliphatic hydroxyl groups is 2. The molecule has 0 radical (unpaired) electrons. The zero-order chi connectivity index (χ0) is 15.9. The van der Waals surface area contributed by atoms with Crippen molar-refractivity contribution in [2.45, 2.75) is 32.0 Å². The van der Waals surface area contributed by atoms with Gasteiger partial charge < -0.3 is 25.2 Å². The van der Waals surface area contributed by atoms with Gasteiger partial charge in [0.05, 0.1) is 19.3 Å². The number of aryl methyl sites for hydroxylation is 1. The molecular formula is C16H24N2O4. The number of hydrogen-bond acceptors (Lipinski definition) is 4. The number of aliphatic hydroxyl groups excluding tert-OH is 2. The number of nitrogens with zero attached hydrogens (tertiary/aromatic N) is 1. The Bertz CT molecular complexity index is 470. The van der Waals surface area contributed by atoms with Gasteiger partial charge in [-0.15, -0.1) is 0 Å². The molecule has 6 heteroatoms. The van der Waals surface area contributed by atoms with Crippen molar-refractivity contribution >= 4 is 11.7 Å². The van der Waals surface area contributed by atoms with E-state index < -0.39 is 6.10 Å². The molecule has 1 aromatic carbocycles. The fourth-order valence-corrected chi connectivity index (χ4v) is 2.36. The molecule has 1 aliphatic heterocycles. The summed E-state index contributed by atoms with van der Waals surface area (Å²) >= 11 is 0. The van der Waals surface area contributed by atoms with Crippen molar-refractivity contribution in [3.63, 3.8) is 0 Å². The molecule has 1 aliphatic rings. The van der Waals surface area contributed by atoms with Gasteiger partial charge in [0, 0.05) is 18.8 Å². The van der Waals surface area contributed by atoms with Crippen molar-refractivity contribution in [1.29, 1.82) is 0 Å². The lowest BCUT2D eigenvalue weighted by molar-refractivity contribution is -0.0443. The van der Waals surface area contributed by atoms with E-state index in [2.05, 4.69) is 5.32 Å². The molecule has 22 heavy (non-hydrogen) atoms. The van der Waals surface area contributed by atoms with E-state index in [1.807, 2.05) is 31.2 Å². The van der Waals surface area contributed by atoms with Crippen molar-refractivity contribution in [2.75, 3.05) is 31.6 Å². The molecule has 0 spiro atoms. The summed E-state index contributed by atoms with van der Waals surface area (Å²) in [4.78, 5) is 13.9. The van der Waals surface area contributed by atoms with Gasteiger partial charge in [-0.2, -0.15) is 0 Å². The van der Waals surface area contributed by atoms with Crippen LogP contribution in [0.4, 0.5) is 10.5 Å².